The number of benzene rings is 1. The number of amides is 1. The molecule has 1 saturated heterocycles. The number of anilines is 1. The Balaban J connectivity index is 1.91. The van der Waals surface area contributed by atoms with Crippen LogP contribution in [-0.2, 0) is 14.6 Å². The molecule has 22 heavy (non-hydrogen) atoms. The number of hydrogen-bond donors (Lipinski definition) is 1. The third-order valence-corrected chi connectivity index (χ3v) is 4.94. The molecular formula is C15H21ClN2O3S. The zero-order valence-electron chi connectivity index (χ0n) is 12.6. The molecule has 0 unspecified atom stereocenters. The fourth-order valence-electron chi connectivity index (χ4n) is 2.60. The normalized spacial score (nSPS) is 19.0. The molecule has 7 heteroatoms. The summed E-state index contributed by atoms with van der Waals surface area (Å²) in [5.41, 5.74) is 0.972. The molecule has 1 aromatic rings. The maximum atomic E-state index is 11.8. The van der Waals surface area contributed by atoms with Crippen molar-refractivity contribution in [1.29, 1.82) is 0 Å². The number of carbonyl (C=O) groups is 1. The first-order chi connectivity index (χ1) is 10.3. The molecule has 0 aliphatic carbocycles. The molecule has 1 fully saturated rings. The van der Waals surface area contributed by atoms with Gasteiger partial charge in [-0.2, -0.15) is 0 Å². The van der Waals surface area contributed by atoms with Crippen molar-refractivity contribution in [3.63, 3.8) is 0 Å². The largest absolute Gasteiger partial charge is 0.368 e. The van der Waals surface area contributed by atoms with Crippen molar-refractivity contribution in [2.24, 2.45) is 0 Å². The van der Waals surface area contributed by atoms with E-state index in [9.17, 15) is 13.2 Å². The first-order valence-corrected chi connectivity index (χ1v) is 9.75. The molecule has 0 radical (unpaired) electrons. The fourth-order valence-corrected chi connectivity index (χ4v) is 3.41. The monoisotopic (exact) mass is 344 g/mol. The van der Waals surface area contributed by atoms with Gasteiger partial charge in [0.15, 0.2) is 0 Å². The van der Waals surface area contributed by atoms with Crippen LogP contribution in [0, 0.1) is 0 Å². The van der Waals surface area contributed by atoms with Gasteiger partial charge in [0.25, 0.3) is 0 Å². The Morgan fingerprint density at radius 3 is 2.82 bits per heavy atom. The molecule has 1 atom stereocenters. The molecule has 0 aromatic heterocycles. The highest BCUT2D eigenvalue weighted by molar-refractivity contribution is 7.90. The summed E-state index contributed by atoms with van der Waals surface area (Å²) in [7, 11) is -3.11. The van der Waals surface area contributed by atoms with E-state index in [-0.39, 0.29) is 24.1 Å². The molecule has 1 aliphatic rings. The van der Waals surface area contributed by atoms with Gasteiger partial charge in [0.1, 0.15) is 9.84 Å². The van der Waals surface area contributed by atoms with Crippen LogP contribution in [0.3, 0.4) is 0 Å². The quantitative estimate of drug-likeness (QED) is 0.885. The van der Waals surface area contributed by atoms with Crippen LogP contribution < -0.4 is 10.2 Å². The highest BCUT2D eigenvalue weighted by Crippen LogP contribution is 2.27. The second-order valence-corrected chi connectivity index (χ2v) is 8.35. The van der Waals surface area contributed by atoms with Gasteiger partial charge in [-0.1, -0.05) is 23.7 Å². The van der Waals surface area contributed by atoms with Crippen molar-refractivity contribution < 1.29 is 13.2 Å². The number of nitrogens with one attached hydrogen (secondary N) is 1. The van der Waals surface area contributed by atoms with Gasteiger partial charge in [-0.15, -0.1) is 0 Å². The second-order valence-electron chi connectivity index (χ2n) is 5.68. The Hall–Kier alpha value is -1.27. The minimum absolute atomic E-state index is 0.0153. The molecule has 1 amide bonds. The molecule has 1 aliphatic heterocycles. The van der Waals surface area contributed by atoms with Gasteiger partial charge in [-0.3, -0.25) is 4.79 Å². The zero-order valence-corrected chi connectivity index (χ0v) is 14.2. The Morgan fingerprint density at radius 1 is 1.41 bits per heavy atom. The van der Waals surface area contributed by atoms with E-state index in [1.807, 2.05) is 24.3 Å². The Bertz CT molecular complexity index is 633. The average Bonchev–Trinajstić information content (AvgIpc) is 2.45. The minimum atomic E-state index is -3.11. The van der Waals surface area contributed by atoms with Crippen LogP contribution >= 0.6 is 11.6 Å². The van der Waals surface area contributed by atoms with Crippen LogP contribution in [0.4, 0.5) is 5.69 Å². The van der Waals surface area contributed by atoms with Crippen LogP contribution in [0.5, 0.6) is 0 Å². The van der Waals surface area contributed by atoms with Crippen LogP contribution in [0.1, 0.15) is 19.3 Å². The molecule has 2 rings (SSSR count). The predicted molar refractivity (Wildman–Crippen MR) is 89.2 cm³/mol. The van der Waals surface area contributed by atoms with Crippen molar-refractivity contribution in [3.05, 3.63) is 29.3 Å². The number of piperidine rings is 1. The maximum absolute atomic E-state index is 11.8. The van der Waals surface area contributed by atoms with E-state index in [4.69, 9.17) is 11.6 Å². The standard InChI is InChI=1S/C15H21ClN2O3S/c1-22(20,21)10-8-15(19)17-12-5-4-9-18(11-12)14-7-3-2-6-13(14)16/h2-3,6-7,12H,4-5,8-11H2,1H3,(H,17,19)/t12-/m0/s1. The summed E-state index contributed by atoms with van der Waals surface area (Å²) in [6, 6.07) is 7.67. The lowest BCUT2D eigenvalue weighted by molar-refractivity contribution is -0.121. The summed E-state index contributed by atoms with van der Waals surface area (Å²) in [4.78, 5) is 14.0. The number of para-hydroxylation sites is 1. The average molecular weight is 345 g/mol. The lowest BCUT2D eigenvalue weighted by Crippen LogP contribution is -2.48. The third kappa shape index (κ3) is 5.18. The zero-order chi connectivity index (χ0) is 16.2. The Kier molecular flexibility index (Phi) is 5.69. The molecule has 0 bridgehead atoms. The first-order valence-electron chi connectivity index (χ1n) is 7.32. The number of rotatable bonds is 5. The second kappa shape index (κ2) is 7.33. The lowest BCUT2D eigenvalue weighted by atomic mass is 10.0. The van der Waals surface area contributed by atoms with Crippen molar-refractivity contribution in [1.82, 2.24) is 5.32 Å². The van der Waals surface area contributed by atoms with E-state index in [1.54, 1.807) is 0 Å². The van der Waals surface area contributed by atoms with E-state index in [0.29, 0.717) is 11.6 Å². The van der Waals surface area contributed by atoms with E-state index < -0.39 is 9.84 Å². The summed E-state index contributed by atoms with van der Waals surface area (Å²) in [6.45, 7) is 1.59. The SMILES string of the molecule is CS(=O)(=O)CCC(=O)N[C@H]1CCCN(c2ccccc2Cl)C1. The van der Waals surface area contributed by atoms with Crippen molar-refractivity contribution >= 4 is 33.0 Å². The number of carbonyl (C=O) groups excluding carboxylic acids is 1. The summed E-state index contributed by atoms with van der Waals surface area (Å²) in [6.07, 6.45) is 3.01. The number of hydrogen-bond acceptors (Lipinski definition) is 4. The van der Waals surface area contributed by atoms with Gasteiger partial charge in [0.05, 0.1) is 16.5 Å². The van der Waals surface area contributed by atoms with Gasteiger partial charge < -0.3 is 10.2 Å². The predicted octanol–water partition coefficient (Wildman–Crippen LogP) is 1.86. The van der Waals surface area contributed by atoms with E-state index in [1.165, 1.54) is 0 Å². The smallest absolute Gasteiger partial charge is 0.221 e. The summed E-state index contributed by atoms with van der Waals surface area (Å²) in [5, 5.41) is 3.62. The highest BCUT2D eigenvalue weighted by Gasteiger charge is 2.23. The number of halogens is 1. The van der Waals surface area contributed by atoms with Gasteiger partial charge in [-0.25, -0.2) is 8.42 Å². The van der Waals surface area contributed by atoms with Crippen LogP contribution in [0.25, 0.3) is 0 Å². The van der Waals surface area contributed by atoms with E-state index in [2.05, 4.69) is 10.2 Å². The van der Waals surface area contributed by atoms with Crippen molar-refractivity contribution in [2.45, 2.75) is 25.3 Å². The molecule has 5 nitrogen and oxygen atoms in total. The summed E-state index contributed by atoms with van der Waals surface area (Å²) in [5.74, 6) is -0.323. The topological polar surface area (TPSA) is 66.5 Å². The maximum Gasteiger partial charge on any atom is 0.221 e. The van der Waals surface area contributed by atoms with Crippen LogP contribution in [0.15, 0.2) is 24.3 Å². The number of sulfone groups is 1. The lowest BCUT2D eigenvalue weighted by Gasteiger charge is -2.35. The van der Waals surface area contributed by atoms with E-state index >= 15 is 0 Å². The van der Waals surface area contributed by atoms with Crippen LogP contribution in [0.2, 0.25) is 5.02 Å². The molecule has 1 N–H and O–H groups in total. The molecule has 0 saturated carbocycles. The molecule has 1 heterocycles. The van der Waals surface area contributed by atoms with Crippen molar-refractivity contribution in [3.8, 4) is 0 Å². The highest BCUT2D eigenvalue weighted by atomic mass is 35.5. The Morgan fingerprint density at radius 2 is 2.14 bits per heavy atom. The van der Waals surface area contributed by atoms with Crippen molar-refractivity contribution in [2.75, 3.05) is 30.0 Å². The third-order valence-electron chi connectivity index (χ3n) is 3.68. The van der Waals surface area contributed by atoms with Gasteiger partial charge in [0, 0.05) is 31.8 Å². The summed E-state index contributed by atoms with van der Waals surface area (Å²) >= 11 is 6.22. The minimum Gasteiger partial charge on any atom is -0.368 e. The number of nitrogens with zero attached hydrogens (tertiary/aromatic N) is 1. The van der Waals surface area contributed by atoms with Gasteiger partial charge in [-0.05, 0) is 25.0 Å². The molecule has 1 aromatic carbocycles. The summed E-state index contributed by atoms with van der Waals surface area (Å²) < 4.78 is 22.2. The molecular weight excluding hydrogens is 324 g/mol. The van der Waals surface area contributed by atoms with E-state index in [0.717, 1.165) is 31.3 Å². The van der Waals surface area contributed by atoms with Gasteiger partial charge >= 0.3 is 0 Å². The molecule has 122 valence electrons. The van der Waals surface area contributed by atoms with Crippen LogP contribution in [-0.4, -0.2) is 45.5 Å². The molecule has 0 spiro atoms. The first kappa shape index (κ1) is 17.1. The Labute approximate surface area is 136 Å². The fraction of sp³-hybridized carbons (Fsp3) is 0.533. The van der Waals surface area contributed by atoms with Gasteiger partial charge in [0.2, 0.25) is 5.91 Å².